The molecule has 0 bridgehead atoms. The molecule has 7 heteroatoms. The second kappa shape index (κ2) is 10.9. The molecule has 1 saturated heterocycles. The van der Waals surface area contributed by atoms with E-state index < -0.39 is 17.8 Å². The highest BCUT2D eigenvalue weighted by Gasteiger charge is 2.40. The fraction of sp³-hybridized carbons (Fsp3) is 0.194. The molecule has 0 aromatic heterocycles. The number of anilines is 2. The molecule has 4 amide bonds. The molecule has 3 aliphatic rings. The van der Waals surface area contributed by atoms with Gasteiger partial charge in [0.05, 0.1) is 12.8 Å². The van der Waals surface area contributed by atoms with Crippen molar-refractivity contribution in [3.8, 4) is 5.75 Å². The smallest absolute Gasteiger partial charge is 0.335 e. The van der Waals surface area contributed by atoms with Crippen molar-refractivity contribution >= 4 is 35.3 Å². The highest BCUT2D eigenvalue weighted by molar-refractivity contribution is 6.39. The number of hydrogen-bond donors (Lipinski definition) is 1. The maximum absolute atomic E-state index is 14.0. The van der Waals surface area contributed by atoms with Crippen molar-refractivity contribution in [2.45, 2.75) is 24.7 Å². The second-order valence-corrected chi connectivity index (χ2v) is 11.2. The third-order valence-corrected chi connectivity index (χ3v) is 8.80. The first-order valence-corrected chi connectivity index (χ1v) is 14.6. The van der Waals surface area contributed by atoms with Gasteiger partial charge in [0.15, 0.2) is 0 Å². The molecule has 2 atom stereocenters. The summed E-state index contributed by atoms with van der Waals surface area (Å²) < 4.78 is 5.43. The van der Waals surface area contributed by atoms with Gasteiger partial charge in [-0.15, -0.1) is 0 Å². The van der Waals surface area contributed by atoms with E-state index in [4.69, 9.17) is 4.74 Å². The lowest BCUT2D eigenvalue weighted by Gasteiger charge is -2.44. The van der Waals surface area contributed by atoms with Crippen LogP contribution < -0.4 is 19.9 Å². The van der Waals surface area contributed by atoms with E-state index in [0.717, 1.165) is 42.0 Å². The quantitative estimate of drug-likeness (QED) is 0.227. The van der Waals surface area contributed by atoms with Crippen LogP contribution in [0.5, 0.6) is 5.75 Å². The van der Waals surface area contributed by atoms with Crippen LogP contribution >= 0.6 is 0 Å². The number of amides is 4. The van der Waals surface area contributed by atoms with Gasteiger partial charge in [-0.1, -0.05) is 78.9 Å². The average Bonchev–Trinajstić information content (AvgIpc) is 3.04. The van der Waals surface area contributed by atoms with Crippen LogP contribution in [-0.2, 0) is 9.59 Å². The van der Waals surface area contributed by atoms with Crippen LogP contribution in [0.2, 0.25) is 0 Å². The minimum Gasteiger partial charge on any atom is -0.496 e. The molecule has 3 heterocycles. The van der Waals surface area contributed by atoms with Gasteiger partial charge >= 0.3 is 6.03 Å². The third-order valence-electron chi connectivity index (χ3n) is 8.80. The molecule has 0 aliphatic carbocycles. The lowest BCUT2D eigenvalue weighted by Crippen LogP contribution is -2.54. The van der Waals surface area contributed by atoms with Gasteiger partial charge in [-0.05, 0) is 59.4 Å². The molecule has 214 valence electrons. The summed E-state index contributed by atoms with van der Waals surface area (Å²) in [7, 11) is 1.53. The summed E-state index contributed by atoms with van der Waals surface area (Å²) in [5.41, 5.74) is 6.68. The van der Waals surface area contributed by atoms with E-state index >= 15 is 0 Å². The molecule has 0 radical (unpaired) electrons. The zero-order valence-electron chi connectivity index (χ0n) is 23.8. The third kappa shape index (κ3) is 4.67. The standard InChI is InChI=1S/C36H31N3O4/c1-43-32-15-9-8-14-25(32)20-31-34(40)37-36(42)39(35(31)41)26-21-29-27(23-10-4-2-5-11-23)16-18-38-19-17-28(30(22-26)33(29)38)24-12-6-3-7-13-24/h2-15,20-22,27-28H,16-19H2,1H3,(H,37,40,42)/b31-20+/t27-,28-/m1/s1. The van der Waals surface area contributed by atoms with Gasteiger partial charge in [0.2, 0.25) is 0 Å². The number of benzene rings is 4. The van der Waals surface area contributed by atoms with Crippen LogP contribution in [0, 0.1) is 0 Å². The Morgan fingerprint density at radius 1 is 0.767 bits per heavy atom. The molecule has 1 fully saturated rings. The van der Waals surface area contributed by atoms with Crippen LogP contribution in [0.4, 0.5) is 16.2 Å². The largest absolute Gasteiger partial charge is 0.496 e. The summed E-state index contributed by atoms with van der Waals surface area (Å²) in [6.45, 7) is 1.87. The maximum atomic E-state index is 14.0. The van der Waals surface area contributed by atoms with Crippen LogP contribution in [0.3, 0.4) is 0 Å². The molecule has 0 spiro atoms. The fourth-order valence-electron chi connectivity index (χ4n) is 6.80. The van der Waals surface area contributed by atoms with E-state index in [-0.39, 0.29) is 17.4 Å². The first-order chi connectivity index (χ1) is 21.0. The first-order valence-electron chi connectivity index (χ1n) is 14.6. The number of urea groups is 1. The molecular weight excluding hydrogens is 538 g/mol. The van der Waals surface area contributed by atoms with Gasteiger partial charge in [0, 0.05) is 36.2 Å². The van der Waals surface area contributed by atoms with Crippen molar-refractivity contribution in [1.82, 2.24) is 5.32 Å². The maximum Gasteiger partial charge on any atom is 0.335 e. The topological polar surface area (TPSA) is 79.0 Å². The van der Waals surface area contributed by atoms with Gasteiger partial charge in [-0.25, -0.2) is 9.69 Å². The minimum atomic E-state index is -0.754. The summed E-state index contributed by atoms with van der Waals surface area (Å²) in [5, 5.41) is 2.40. The van der Waals surface area contributed by atoms with Gasteiger partial charge in [-0.2, -0.15) is 0 Å². The number of methoxy groups -OCH3 is 1. The van der Waals surface area contributed by atoms with Gasteiger partial charge in [0.25, 0.3) is 11.8 Å². The van der Waals surface area contributed by atoms with E-state index in [0.29, 0.717) is 17.0 Å². The highest BCUT2D eigenvalue weighted by Crippen LogP contribution is 2.50. The van der Waals surface area contributed by atoms with Crippen molar-refractivity contribution in [2.24, 2.45) is 0 Å². The molecule has 0 unspecified atom stereocenters. The van der Waals surface area contributed by atoms with E-state index in [9.17, 15) is 14.4 Å². The Balaban J connectivity index is 1.40. The van der Waals surface area contributed by atoms with Crippen molar-refractivity contribution in [2.75, 3.05) is 30.0 Å². The van der Waals surface area contributed by atoms with E-state index in [1.54, 1.807) is 18.2 Å². The summed E-state index contributed by atoms with van der Waals surface area (Å²) in [6, 6.07) is 31.1. The zero-order chi connectivity index (χ0) is 29.5. The van der Waals surface area contributed by atoms with E-state index in [2.05, 4.69) is 34.5 Å². The number of barbiturate groups is 1. The Bertz CT molecular complexity index is 1690. The predicted octanol–water partition coefficient (Wildman–Crippen LogP) is 6.24. The van der Waals surface area contributed by atoms with Crippen molar-refractivity contribution in [3.63, 3.8) is 0 Å². The lowest BCUT2D eigenvalue weighted by atomic mass is 9.76. The summed E-state index contributed by atoms with van der Waals surface area (Å²) in [5.74, 6) is -0.661. The number of nitrogens with one attached hydrogen (secondary N) is 1. The van der Waals surface area contributed by atoms with Crippen LogP contribution in [0.15, 0.2) is 103 Å². The first kappa shape index (κ1) is 26.7. The van der Waals surface area contributed by atoms with Gasteiger partial charge in [0.1, 0.15) is 11.3 Å². The number of ether oxygens (including phenoxy) is 1. The lowest BCUT2D eigenvalue weighted by molar-refractivity contribution is -0.122. The van der Waals surface area contributed by atoms with Crippen LogP contribution in [0.1, 0.15) is 52.5 Å². The van der Waals surface area contributed by atoms with Crippen LogP contribution in [-0.4, -0.2) is 38.0 Å². The predicted molar refractivity (Wildman–Crippen MR) is 166 cm³/mol. The molecule has 7 nitrogen and oxygen atoms in total. The second-order valence-electron chi connectivity index (χ2n) is 11.2. The van der Waals surface area contributed by atoms with Gasteiger partial charge < -0.3 is 9.64 Å². The number of carbonyl (C=O) groups is 3. The molecule has 0 saturated carbocycles. The Kier molecular flexibility index (Phi) is 6.78. The van der Waals surface area contributed by atoms with E-state index in [1.807, 2.05) is 54.6 Å². The number of hydrogen-bond acceptors (Lipinski definition) is 5. The molecule has 4 aromatic rings. The number of carbonyl (C=O) groups excluding carboxylic acids is 3. The Morgan fingerprint density at radius 3 is 1.91 bits per heavy atom. The average molecular weight is 570 g/mol. The summed E-state index contributed by atoms with van der Waals surface area (Å²) >= 11 is 0. The molecule has 1 N–H and O–H groups in total. The summed E-state index contributed by atoms with van der Waals surface area (Å²) in [4.78, 5) is 44.0. The van der Waals surface area contributed by atoms with Crippen molar-refractivity contribution < 1.29 is 19.1 Å². The zero-order valence-corrected chi connectivity index (χ0v) is 23.8. The highest BCUT2D eigenvalue weighted by atomic mass is 16.5. The normalized spacial score (nSPS) is 20.6. The van der Waals surface area contributed by atoms with Crippen LogP contribution in [0.25, 0.3) is 6.08 Å². The minimum absolute atomic E-state index is 0.105. The monoisotopic (exact) mass is 569 g/mol. The SMILES string of the molecule is COc1ccccc1/C=C1\C(=O)NC(=O)N(c2cc3c4c(c2)[C@@H](c2ccccc2)CCN4CC[C@@H]3c2ccccc2)C1=O. The summed E-state index contributed by atoms with van der Waals surface area (Å²) in [6.07, 6.45) is 3.33. The van der Waals surface area contributed by atoms with Crippen molar-refractivity contribution in [3.05, 3.63) is 130 Å². The Labute approximate surface area is 250 Å². The Morgan fingerprint density at radius 2 is 1.33 bits per heavy atom. The number of rotatable bonds is 5. The fourth-order valence-corrected chi connectivity index (χ4v) is 6.80. The molecular formula is C36H31N3O4. The molecule has 3 aliphatic heterocycles. The number of nitrogens with zero attached hydrogens (tertiary/aromatic N) is 2. The van der Waals surface area contributed by atoms with Crippen molar-refractivity contribution in [1.29, 1.82) is 0 Å². The Hall–Kier alpha value is -5.17. The number of imide groups is 2. The number of para-hydroxylation sites is 1. The molecule has 4 aromatic carbocycles. The molecule has 7 rings (SSSR count). The van der Waals surface area contributed by atoms with E-state index in [1.165, 1.54) is 30.0 Å². The molecule has 43 heavy (non-hydrogen) atoms. The van der Waals surface area contributed by atoms with Gasteiger partial charge in [-0.3, -0.25) is 14.9 Å².